The van der Waals surface area contributed by atoms with Gasteiger partial charge in [-0.1, -0.05) is 12.1 Å². The largest absolute Gasteiger partial charge is 0.329 e. The number of hydrogen-bond donors (Lipinski definition) is 1. The first-order valence-corrected chi connectivity index (χ1v) is 6.80. The monoisotopic (exact) mass is 287 g/mol. The number of aryl methyl sites for hydroxylation is 1. The Kier molecular flexibility index (Phi) is 3.14. The van der Waals surface area contributed by atoms with Crippen LogP contribution in [0.25, 0.3) is 11.2 Å². The zero-order valence-electron chi connectivity index (χ0n) is 11.2. The van der Waals surface area contributed by atoms with E-state index in [9.17, 15) is 4.39 Å². The number of halogens is 1. The van der Waals surface area contributed by atoms with E-state index in [-0.39, 0.29) is 11.9 Å². The lowest BCUT2D eigenvalue weighted by Gasteiger charge is -2.15. The number of nitrogens with zero attached hydrogens (tertiary/aromatic N) is 2. The minimum absolute atomic E-state index is 0.0822. The Balaban J connectivity index is 2.17. The van der Waals surface area contributed by atoms with Crippen molar-refractivity contribution in [2.45, 2.75) is 19.9 Å². The molecule has 3 rings (SSSR count). The highest BCUT2D eigenvalue weighted by molar-refractivity contribution is 7.71. The van der Waals surface area contributed by atoms with Crippen LogP contribution in [0.5, 0.6) is 0 Å². The SMILES string of the molecule is Cc1ccc(C(C)n2c(=S)[nH]c3cccnc32)cc1F. The second kappa shape index (κ2) is 4.83. The number of hydrogen-bond acceptors (Lipinski definition) is 2. The van der Waals surface area contributed by atoms with E-state index in [1.807, 2.05) is 29.7 Å². The Morgan fingerprint density at radius 3 is 2.90 bits per heavy atom. The standard InChI is InChI=1S/C15H14FN3S/c1-9-5-6-11(8-12(9)16)10(2)19-14-13(18-15(19)20)4-3-7-17-14/h3-8,10H,1-2H3,(H,18,20). The van der Waals surface area contributed by atoms with Gasteiger partial charge in [0.05, 0.1) is 11.6 Å². The number of aromatic amines is 1. The number of fused-ring (bicyclic) bond motifs is 1. The molecule has 5 heteroatoms. The van der Waals surface area contributed by atoms with Crippen LogP contribution < -0.4 is 0 Å². The van der Waals surface area contributed by atoms with Crippen molar-refractivity contribution < 1.29 is 4.39 Å². The van der Waals surface area contributed by atoms with Gasteiger partial charge in [-0.05, 0) is 55.4 Å². The molecule has 1 N–H and O–H groups in total. The van der Waals surface area contributed by atoms with Gasteiger partial charge in [-0.15, -0.1) is 0 Å². The normalized spacial score (nSPS) is 12.8. The molecule has 102 valence electrons. The quantitative estimate of drug-likeness (QED) is 0.718. The molecule has 3 aromatic rings. The van der Waals surface area contributed by atoms with Gasteiger partial charge in [0.2, 0.25) is 0 Å². The molecular weight excluding hydrogens is 273 g/mol. The second-order valence-electron chi connectivity index (χ2n) is 4.86. The summed E-state index contributed by atoms with van der Waals surface area (Å²) in [4.78, 5) is 7.49. The molecule has 1 aromatic carbocycles. The summed E-state index contributed by atoms with van der Waals surface area (Å²) in [5.41, 5.74) is 3.18. The number of benzene rings is 1. The number of nitrogens with one attached hydrogen (secondary N) is 1. The van der Waals surface area contributed by atoms with Crippen molar-refractivity contribution in [1.29, 1.82) is 0 Å². The van der Waals surface area contributed by atoms with Crippen LogP contribution in [-0.4, -0.2) is 14.5 Å². The summed E-state index contributed by atoms with van der Waals surface area (Å²) in [5.74, 6) is -0.200. The predicted octanol–water partition coefficient (Wildman–Crippen LogP) is 4.15. The molecule has 3 nitrogen and oxygen atoms in total. The Morgan fingerprint density at radius 1 is 1.35 bits per heavy atom. The summed E-state index contributed by atoms with van der Waals surface area (Å²) < 4.78 is 16.2. The average molecular weight is 287 g/mol. The van der Waals surface area contributed by atoms with Crippen molar-refractivity contribution in [2.75, 3.05) is 0 Å². The summed E-state index contributed by atoms with van der Waals surface area (Å²) in [6.07, 6.45) is 1.73. The molecule has 0 radical (unpaired) electrons. The second-order valence-corrected chi connectivity index (χ2v) is 5.25. The lowest BCUT2D eigenvalue weighted by Crippen LogP contribution is -2.08. The van der Waals surface area contributed by atoms with E-state index in [0.717, 1.165) is 16.7 Å². The van der Waals surface area contributed by atoms with Crippen LogP contribution >= 0.6 is 12.2 Å². The zero-order valence-corrected chi connectivity index (χ0v) is 12.0. The van der Waals surface area contributed by atoms with Gasteiger partial charge < -0.3 is 4.98 Å². The molecule has 0 aliphatic rings. The van der Waals surface area contributed by atoms with Crippen molar-refractivity contribution in [2.24, 2.45) is 0 Å². The predicted molar refractivity (Wildman–Crippen MR) is 79.9 cm³/mol. The van der Waals surface area contributed by atoms with Crippen LogP contribution in [0.4, 0.5) is 4.39 Å². The van der Waals surface area contributed by atoms with E-state index in [1.165, 1.54) is 0 Å². The van der Waals surface area contributed by atoms with E-state index in [2.05, 4.69) is 9.97 Å². The summed E-state index contributed by atoms with van der Waals surface area (Å²) in [6.45, 7) is 3.74. The van der Waals surface area contributed by atoms with Crippen LogP contribution in [0, 0.1) is 17.5 Å². The fourth-order valence-electron chi connectivity index (χ4n) is 2.34. The molecule has 2 aromatic heterocycles. The number of pyridine rings is 1. The van der Waals surface area contributed by atoms with E-state index >= 15 is 0 Å². The van der Waals surface area contributed by atoms with E-state index < -0.39 is 0 Å². The minimum Gasteiger partial charge on any atom is -0.329 e. The first kappa shape index (κ1) is 13.0. The first-order valence-electron chi connectivity index (χ1n) is 6.39. The van der Waals surface area contributed by atoms with Crippen molar-refractivity contribution >= 4 is 23.4 Å². The molecule has 1 atom stereocenters. The first-order chi connectivity index (χ1) is 9.58. The van der Waals surface area contributed by atoms with Crippen molar-refractivity contribution in [3.8, 4) is 0 Å². The highest BCUT2D eigenvalue weighted by Crippen LogP contribution is 2.24. The summed E-state index contributed by atoms with van der Waals surface area (Å²) in [7, 11) is 0. The fourth-order valence-corrected chi connectivity index (χ4v) is 2.69. The summed E-state index contributed by atoms with van der Waals surface area (Å²) in [6, 6.07) is 8.97. The zero-order chi connectivity index (χ0) is 14.3. The van der Waals surface area contributed by atoms with Gasteiger partial charge in [0.25, 0.3) is 0 Å². The summed E-state index contributed by atoms with van der Waals surface area (Å²) in [5, 5.41) is 0. The van der Waals surface area contributed by atoms with E-state index in [1.54, 1.807) is 25.3 Å². The van der Waals surface area contributed by atoms with Crippen molar-refractivity contribution in [3.05, 3.63) is 58.2 Å². The van der Waals surface area contributed by atoms with Gasteiger partial charge in [-0.3, -0.25) is 4.57 Å². The molecular formula is C15H14FN3S. The van der Waals surface area contributed by atoms with Crippen LogP contribution in [0.15, 0.2) is 36.5 Å². The van der Waals surface area contributed by atoms with Crippen molar-refractivity contribution in [3.63, 3.8) is 0 Å². The van der Waals surface area contributed by atoms with Crippen molar-refractivity contribution in [1.82, 2.24) is 14.5 Å². The maximum atomic E-state index is 13.7. The minimum atomic E-state index is -0.200. The third-order valence-electron chi connectivity index (χ3n) is 3.54. The molecule has 0 amide bonds. The number of rotatable bonds is 2. The molecule has 0 bridgehead atoms. The number of H-pyrrole nitrogens is 1. The smallest absolute Gasteiger partial charge is 0.179 e. The van der Waals surface area contributed by atoms with Gasteiger partial charge >= 0.3 is 0 Å². The number of aromatic nitrogens is 3. The van der Waals surface area contributed by atoms with E-state index in [0.29, 0.717) is 10.3 Å². The summed E-state index contributed by atoms with van der Waals surface area (Å²) >= 11 is 5.36. The maximum absolute atomic E-state index is 13.7. The Hall–Kier alpha value is -2.01. The molecule has 0 saturated carbocycles. The highest BCUT2D eigenvalue weighted by atomic mass is 32.1. The lowest BCUT2D eigenvalue weighted by atomic mass is 10.1. The Bertz CT molecular complexity index is 834. The topological polar surface area (TPSA) is 33.6 Å². The lowest BCUT2D eigenvalue weighted by molar-refractivity contribution is 0.599. The van der Waals surface area contributed by atoms with Crippen LogP contribution in [-0.2, 0) is 0 Å². The maximum Gasteiger partial charge on any atom is 0.179 e. The van der Waals surface area contributed by atoms with Gasteiger partial charge in [-0.2, -0.15) is 0 Å². The molecule has 20 heavy (non-hydrogen) atoms. The molecule has 1 unspecified atom stereocenters. The third-order valence-corrected chi connectivity index (χ3v) is 3.84. The average Bonchev–Trinajstić information content (AvgIpc) is 2.77. The molecule has 2 heterocycles. The molecule has 0 saturated heterocycles. The van der Waals surface area contributed by atoms with Gasteiger partial charge in [0.15, 0.2) is 10.4 Å². The fraction of sp³-hybridized carbons (Fsp3) is 0.200. The molecule has 0 aliphatic heterocycles. The Labute approximate surface area is 121 Å². The Morgan fingerprint density at radius 2 is 2.15 bits per heavy atom. The van der Waals surface area contributed by atoms with Crippen LogP contribution in [0.2, 0.25) is 0 Å². The molecule has 0 aliphatic carbocycles. The van der Waals surface area contributed by atoms with Crippen LogP contribution in [0.1, 0.15) is 24.1 Å². The number of imidazole rings is 1. The van der Waals surface area contributed by atoms with Gasteiger partial charge in [-0.25, -0.2) is 9.37 Å². The van der Waals surface area contributed by atoms with E-state index in [4.69, 9.17) is 12.2 Å². The molecule has 0 fully saturated rings. The van der Waals surface area contributed by atoms with Gasteiger partial charge in [0, 0.05) is 6.20 Å². The highest BCUT2D eigenvalue weighted by Gasteiger charge is 2.14. The molecule has 0 spiro atoms. The van der Waals surface area contributed by atoms with Crippen LogP contribution in [0.3, 0.4) is 0 Å². The third kappa shape index (κ3) is 2.04. The van der Waals surface area contributed by atoms with Gasteiger partial charge in [0.1, 0.15) is 5.82 Å².